The van der Waals surface area contributed by atoms with Crippen molar-refractivity contribution in [3.8, 4) is 11.3 Å². The van der Waals surface area contributed by atoms with Crippen molar-refractivity contribution in [1.82, 2.24) is 15.4 Å². The number of benzene rings is 1. The van der Waals surface area contributed by atoms with E-state index in [-0.39, 0.29) is 30.4 Å². The van der Waals surface area contributed by atoms with Crippen LogP contribution in [-0.2, 0) is 9.59 Å². The molecule has 0 radical (unpaired) electrons. The number of hydrogen-bond donors (Lipinski definition) is 2. The van der Waals surface area contributed by atoms with Gasteiger partial charge in [-0.3, -0.25) is 19.8 Å². The van der Waals surface area contributed by atoms with Crippen LogP contribution in [0.3, 0.4) is 0 Å². The summed E-state index contributed by atoms with van der Waals surface area (Å²) in [5, 5.41) is 12.2. The molecule has 8 nitrogen and oxygen atoms in total. The van der Waals surface area contributed by atoms with E-state index >= 15 is 0 Å². The molecular formula is C23H30N4O4. The van der Waals surface area contributed by atoms with Gasteiger partial charge in [-0.25, -0.2) is 4.79 Å². The molecule has 2 N–H and O–H groups in total. The van der Waals surface area contributed by atoms with Crippen LogP contribution in [0.15, 0.2) is 48.7 Å². The van der Waals surface area contributed by atoms with Gasteiger partial charge in [-0.15, -0.1) is 5.06 Å². The number of hydrogen-bond acceptors (Lipinski definition) is 5. The lowest BCUT2D eigenvalue weighted by Crippen LogP contribution is -2.42. The minimum Gasteiger partial charge on any atom is -0.335 e. The average Bonchev–Trinajstić information content (AvgIpc) is 2.78. The van der Waals surface area contributed by atoms with Gasteiger partial charge >= 0.3 is 6.03 Å². The second-order valence-corrected chi connectivity index (χ2v) is 7.66. The second kappa shape index (κ2) is 11.8. The minimum absolute atomic E-state index is 0.000738. The molecule has 0 bridgehead atoms. The molecule has 0 saturated carbocycles. The van der Waals surface area contributed by atoms with Crippen molar-refractivity contribution in [3.63, 3.8) is 0 Å². The van der Waals surface area contributed by atoms with E-state index in [1.54, 1.807) is 25.4 Å². The largest absolute Gasteiger partial charge is 0.348 e. The minimum atomic E-state index is -0.934. The Morgan fingerprint density at radius 1 is 1.03 bits per heavy atom. The van der Waals surface area contributed by atoms with Crippen LogP contribution in [0.1, 0.15) is 39.5 Å². The zero-order valence-corrected chi connectivity index (χ0v) is 18.2. The predicted molar refractivity (Wildman–Crippen MR) is 118 cm³/mol. The number of rotatable bonds is 9. The Morgan fingerprint density at radius 2 is 1.74 bits per heavy atom. The Bertz CT molecular complexity index is 886. The fourth-order valence-corrected chi connectivity index (χ4v) is 3.02. The molecule has 8 heteroatoms. The third-order valence-corrected chi connectivity index (χ3v) is 4.78. The number of aromatic nitrogens is 1. The Hall–Kier alpha value is -3.26. The summed E-state index contributed by atoms with van der Waals surface area (Å²) in [6, 6.07) is 12.2. The Balaban J connectivity index is 1.88. The van der Waals surface area contributed by atoms with E-state index in [9.17, 15) is 19.6 Å². The summed E-state index contributed by atoms with van der Waals surface area (Å²) < 4.78 is 0. The van der Waals surface area contributed by atoms with Crippen molar-refractivity contribution in [2.45, 2.75) is 39.5 Å². The van der Waals surface area contributed by atoms with Crippen LogP contribution in [0.4, 0.5) is 10.5 Å². The predicted octanol–water partition coefficient (Wildman–Crippen LogP) is 3.86. The summed E-state index contributed by atoms with van der Waals surface area (Å²) in [4.78, 5) is 42.3. The fourth-order valence-electron chi connectivity index (χ4n) is 3.02. The molecule has 1 heterocycles. The lowest BCUT2D eigenvalue weighted by molar-refractivity contribution is -0.152. The van der Waals surface area contributed by atoms with E-state index in [4.69, 9.17) is 0 Å². The van der Waals surface area contributed by atoms with Crippen molar-refractivity contribution < 1.29 is 19.6 Å². The van der Waals surface area contributed by atoms with Crippen LogP contribution in [0, 0.1) is 5.92 Å². The van der Waals surface area contributed by atoms with Gasteiger partial charge in [0.15, 0.2) is 0 Å². The maximum Gasteiger partial charge on any atom is 0.348 e. The smallest absolute Gasteiger partial charge is 0.335 e. The van der Waals surface area contributed by atoms with Crippen molar-refractivity contribution in [2.75, 3.05) is 18.5 Å². The van der Waals surface area contributed by atoms with Gasteiger partial charge in [0, 0.05) is 38.2 Å². The molecule has 1 aromatic carbocycles. The molecule has 0 spiro atoms. The molecule has 0 aliphatic rings. The highest BCUT2D eigenvalue weighted by Crippen LogP contribution is 2.27. The van der Waals surface area contributed by atoms with Gasteiger partial charge in [0.25, 0.3) is 5.91 Å². The van der Waals surface area contributed by atoms with Gasteiger partial charge in [-0.1, -0.05) is 50.6 Å². The molecule has 4 amide bonds. The Morgan fingerprint density at radius 3 is 2.42 bits per heavy atom. The summed E-state index contributed by atoms with van der Waals surface area (Å²) in [6.07, 6.45) is 3.19. The third kappa shape index (κ3) is 7.18. The number of amides is 4. The summed E-state index contributed by atoms with van der Waals surface area (Å²) in [5.41, 5.74) is 2.21. The first kappa shape index (κ1) is 24.0. The van der Waals surface area contributed by atoms with Crippen LogP contribution in [0.5, 0.6) is 0 Å². The normalized spacial score (nSPS) is 10.6. The standard InChI is InChI=1S/C23H30N4O4/c1-17(2)9-7-13-21(29)27(31)23(30)25-16-14-20(28)26(3)19-12-8-15-24-22(19)18-10-5-4-6-11-18/h4-6,8,10-12,15,17,31H,7,9,13-14,16H2,1-3H3,(H,25,30). The number of imide groups is 1. The molecule has 0 fully saturated rings. The quantitative estimate of drug-likeness (QED) is 0.468. The first-order chi connectivity index (χ1) is 14.8. The van der Waals surface area contributed by atoms with Crippen molar-refractivity contribution in [3.05, 3.63) is 48.7 Å². The van der Waals surface area contributed by atoms with Crippen molar-refractivity contribution in [2.24, 2.45) is 5.92 Å². The van der Waals surface area contributed by atoms with Gasteiger partial charge in [0.05, 0.1) is 11.4 Å². The van der Waals surface area contributed by atoms with E-state index in [0.29, 0.717) is 23.7 Å². The molecule has 1 aromatic heterocycles. The number of carbonyl (C=O) groups excluding carboxylic acids is 3. The van der Waals surface area contributed by atoms with E-state index in [0.717, 1.165) is 12.0 Å². The molecule has 0 unspecified atom stereocenters. The van der Waals surface area contributed by atoms with E-state index < -0.39 is 11.9 Å². The summed E-state index contributed by atoms with van der Waals surface area (Å²) >= 11 is 0. The van der Waals surface area contributed by atoms with Crippen LogP contribution in [0.25, 0.3) is 11.3 Å². The van der Waals surface area contributed by atoms with Gasteiger partial charge in [-0.2, -0.15) is 0 Å². The van der Waals surface area contributed by atoms with Crippen LogP contribution < -0.4 is 10.2 Å². The van der Waals surface area contributed by atoms with Crippen LogP contribution >= 0.6 is 0 Å². The Kier molecular flexibility index (Phi) is 9.14. The van der Waals surface area contributed by atoms with E-state index in [1.807, 2.05) is 44.2 Å². The highest BCUT2D eigenvalue weighted by molar-refractivity contribution is 5.97. The average molecular weight is 427 g/mol. The molecule has 0 saturated heterocycles. The first-order valence-corrected chi connectivity index (χ1v) is 10.4. The molecule has 31 heavy (non-hydrogen) atoms. The van der Waals surface area contributed by atoms with Gasteiger partial charge in [-0.05, 0) is 24.5 Å². The number of nitrogens with one attached hydrogen (secondary N) is 1. The molecule has 2 aromatic rings. The van der Waals surface area contributed by atoms with Crippen molar-refractivity contribution >= 4 is 23.5 Å². The highest BCUT2D eigenvalue weighted by Gasteiger charge is 2.20. The van der Waals surface area contributed by atoms with Gasteiger partial charge in [0.2, 0.25) is 5.91 Å². The molecule has 0 aliphatic carbocycles. The number of anilines is 1. The molecule has 2 rings (SSSR count). The SMILES string of the molecule is CC(C)CCCC(=O)N(O)C(=O)NCCC(=O)N(C)c1cccnc1-c1ccccc1. The van der Waals surface area contributed by atoms with Crippen molar-refractivity contribution in [1.29, 1.82) is 0 Å². The fraction of sp³-hybridized carbons (Fsp3) is 0.391. The third-order valence-electron chi connectivity index (χ3n) is 4.78. The summed E-state index contributed by atoms with van der Waals surface area (Å²) in [6.45, 7) is 4.06. The van der Waals surface area contributed by atoms with Gasteiger partial charge < -0.3 is 10.2 Å². The number of urea groups is 1. The van der Waals surface area contributed by atoms with Crippen LogP contribution in [0.2, 0.25) is 0 Å². The summed E-state index contributed by atoms with van der Waals surface area (Å²) in [5.74, 6) is -0.457. The number of carbonyl (C=O) groups is 3. The first-order valence-electron chi connectivity index (χ1n) is 10.4. The van der Waals surface area contributed by atoms with E-state index in [2.05, 4.69) is 10.3 Å². The monoisotopic (exact) mass is 426 g/mol. The lowest BCUT2D eigenvalue weighted by atomic mass is 10.1. The number of hydroxylamine groups is 2. The summed E-state index contributed by atoms with van der Waals surface area (Å²) in [7, 11) is 1.64. The highest BCUT2D eigenvalue weighted by atomic mass is 16.5. The van der Waals surface area contributed by atoms with Gasteiger partial charge in [0.1, 0.15) is 0 Å². The van der Waals surface area contributed by atoms with E-state index in [1.165, 1.54) is 4.90 Å². The second-order valence-electron chi connectivity index (χ2n) is 7.66. The number of pyridine rings is 1. The molecule has 0 aliphatic heterocycles. The maximum atomic E-state index is 12.6. The maximum absolute atomic E-state index is 12.6. The lowest BCUT2D eigenvalue weighted by Gasteiger charge is -2.20. The number of nitrogens with zero attached hydrogens (tertiary/aromatic N) is 3. The molecule has 0 atom stereocenters. The Labute approximate surface area is 182 Å². The molecular weight excluding hydrogens is 396 g/mol. The topological polar surface area (TPSA) is 103 Å². The van der Waals surface area contributed by atoms with Crippen LogP contribution in [-0.4, -0.2) is 46.7 Å². The zero-order chi connectivity index (χ0) is 22.8. The zero-order valence-electron chi connectivity index (χ0n) is 18.2. The molecule has 166 valence electrons.